The Kier molecular flexibility index (Phi) is 5.01. The van der Waals surface area contributed by atoms with Gasteiger partial charge in [0.15, 0.2) is 11.6 Å². The van der Waals surface area contributed by atoms with Crippen molar-refractivity contribution in [3.8, 4) is 0 Å². The lowest BCUT2D eigenvalue weighted by Gasteiger charge is -2.11. The predicted octanol–water partition coefficient (Wildman–Crippen LogP) is 4.77. The van der Waals surface area contributed by atoms with Crippen LogP contribution in [0.25, 0.3) is 0 Å². The first-order chi connectivity index (χ1) is 12.0. The molecule has 3 aromatic rings. The Morgan fingerprint density at radius 2 is 1.80 bits per heavy atom. The van der Waals surface area contributed by atoms with Crippen LogP contribution in [0.2, 0.25) is 10.0 Å². The molecule has 128 valence electrons. The van der Waals surface area contributed by atoms with Crippen molar-refractivity contribution in [2.45, 2.75) is 6.54 Å². The number of carbonyl (C=O) groups is 1. The van der Waals surface area contributed by atoms with Crippen LogP contribution in [0.15, 0.2) is 48.7 Å². The highest BCUT2D eigenvalue weighted by Gasteiger charge is 2.14. The van der Waals surface area contributed by atoms with Crippen LogP contribution < -0.4 is 5.32 Å². The zero-order chi connectivity index (χ0) is 18.0. The first kappa shape index (κ1) is 17.4. The molecule has 0 saturated heterocycles. The number of halogens is 4. The zero-order valence-corrected chi connectivity index (χ0v) is 14.2. The molecule has 0 spiro atoms. The molecule has 0 saturated carbocycles. The molecule has 0 bridgehead atoms. The van der Waals surface area contributed by atoms with E-state index in [1.165, 1.54) is 16.9 Å². The van der Waals surface area contributed by atoms with E-state index in [2.05, 4.69) is 10.4 Å². The number of nitrogens with zero attached hydrogens (tertiary/aromatic N) is 2. The molecule has 8 heteroatoms. The summed E-state index contributed by atoms with van der Waals surface area (Å²) in [5, 5.41) is 7.67. The second kappa shape index (κ2) is 7.21. The minimum Gasteiger partial charge on any atom is -0.307 e. The number of carbonyl (C=O) groups excluding carboxylic acids is 1. The fourth-order valence-corrected chi connectivity index (χ4v) is 2.74. The minimum atomic E-state index is -1.09. The van der Waals surface area contributed by atoms with Crippen LogP contribution in [0.1, 0.15) is 15.9 Å². The van der Waals surface area contributed by atoms with Crippen molar-refractivity contribution in [3.05, 3.63) is 81.5 Å². The van der Waals surface area contributed by atoms with Crippen molar-refractivity contribution in [2.75, 3.05) is 5.32 Å². The van der Waals surface area contributed by atoms with Gasteiger partial charge in [-0.2, -0.15) is 5.10 Å². The number of aromatic nitrogens is 2. The summed E-state index contributed by atoms with van der Waals surface area (Å²) in [5.41, 5.74) is 0.639. The van der Waals surface area contributed by atoms with Crippen molar-refractivity contribution in [1.29, 1.82) is 0 Å². The summed E-state index contributed by atoms with van der Waals surface area (Å²) in [5.74, 6) is -2.34. The lowest BCUT2D eigenvalue weighted by molar-refractivity contribution is 0.102. The van der Waals surface area contributed by atoms with Crippen LogP contribution in [0.5, 0.6) is 0 Å². The maximum atomic E-state index is 13.3. The Labute approximate surface area is 152 Å². The van der Waals surface area contributed by atoms with E-state index in [0.717, 1.165) is 12.1 Å². The van der Waals surface area contributed by atoms with E-state index < -0.39 is 17.5 Å². The number of hydrogen-bond donors (Lipinski definition) is 1. The average Bonchev–Trinajstić information content (AvgIpc) is 3.00. The molecule has 0 aliphatic carbocycles. The maximum Gasteiger partial charge on any atom is 0.256 e. The fraction of sp³-hybridized carbons (Fsp3) is 0.0588. The van der Waals surface area contributed by atoms with Crippen LogP contribution >= 0.6 is 23.2 Å². The molecule has 2 aromatic carbocycles. The first-order valence-corrected chi connectivity index (χ1v) is 7.92. The molecule has 3 rings (SSSR count). The average molecular weight is 382 g/mol. The Morgan fingerprint density at radius 1 is 1.08 bits per heavy atom. The lowest BCUT2D eigenvalue weighted by Crippen LogP contribution is -2.16. The Balaban J connectivity index is 1.82. The van der Waals surface area contributed by atoms with Crippen LogP contribution in [0.3, 0.4) is 0 Å². The minimum absolute atomic E-state index is 0.0116. The predicted molar refractivity (Wildman–Crippen MR) is 92.1 cm³/mol. The molecule has 0 unspecified atom stereocenters. The molecule has 0 radical (unpaired) electrons. The van der Waals surface area contributed by atoms with E-state index in [4.69, 9.17) is 23.2 Å². The first-order valence-electron chi connectivity index (χ1n) is 7.17. The van der Waals surface area contributed by atoms with E-state index in [9.17, 15) is 13.6 Å². The molecule has 0 atom stereocenters. The number of rotatable bonds is 4. The van der Waals surface area contributed by atoms with Crippen molar-refractivity contribution >= 4 is 34.9 Å². The van der Waals surface area contributed by atoms with Gasteiger partial charge in [0.2, 0.25) is 0 Å². The highest BCUT2D eigenvalue weighted by atomic mass is 35.5. The summed E-state index contributed by atoms with van der Waals surface area (Å²) in [6.45, 7) is 0.235. The van der Waals surface area contributed by atoms with Gasteiger partial charge in [0.05, 0.1) is 12.7 Å². The van der Waals surface area contributed by atoms with Gasteiger partial charge in [-0.25, -0.2) is 13.5 Å². The van der Waals surface area contributed by atoms with Crippen molar-refractivity contribution in [2.24, 2.45) is 0 Å². The van der Waals surface area contributed by atoms with Gasteiger partial charge < -0.3 is 5.32 Å². The highest BCUT2D eigenvalue weighted by Crippen LogP contribution is 2.26. The number of nitrogens with one attached hydrogen (secondary N) is 1. The third-order valence-corrected chi connectivity index (χ3v) is 4.22. The Hall–Kier alpha value is -2.44. The Morgan fingerprint density at radius 3 is 2.48 bits per heavy atom. The third kappa shape index (κ3) is 3.81. The quantitative estimate of drug-likeness (QED) is 0.707. The topological polar surface area (TPSA) is 46.9 Å². The van der Waals surface area contributed by atoms with Gasteiger partial charge >= 0.3 is 0 Å². The van der Waals surface area contributed by atoms with Gasteiger partial charge in [0, 0.05) is 27.2 Å². The van der Waals surface area contributed by atoms with Crippen LogP contribution in [0.4, 0.5) is 14.6 Å². The maximum absolute atomic E-state index is 13.3. The largest absolute Gasteiger partial charge is 0.307 e. The van der Waals surface area contributed by atoms with Crippen LogP contribution in [-0.4, -0.2) is 15.7 Å². The van der Waals surface area contributed by atoms with E-state index in [-0.39, 0.29) is 12.1 Å². The number of hydrogen-bond acceptors (Lipinski definition) is 2. The molecular weight excluding hydrogens is 371 g/mol. The summed E-state index contributed by atoms with van der Waals surface area (Å²) in [6.07, 6.45) is 1.49. The van der Waals surface area contributed by atoms with Crippen LogP contribution in [-0.2, 0) is 6.54 Å². The monoisotopic (exact) mass is 381 g/mol. The van der Waals surface area contributed by atoms with Gasteiger partial charge in [-0.15, -0.1) is 0 Å². The molecule has 4 nitrogen and oxygen atoms in total. The SMILES string of the molecule is O=C(Nc1ccnn1Cc1c(Cl)cccc1Cl)c1ccc(F)c(F)c1. The number of amides is 1. The van der Waals surface area contributed by atoms with Crippen LogP contribution in [0, 0.1) is 11.6 Å². The second-order valence-corrected chi connectivity index (χ2v) is 5.97. The van der Waals surface area contributed by atoms with E-state index in [1.54, 1.807) is 24.3 Å². The smallest absolute Gasteiger partial charge is 0.256 e. The van der Waals surface area contributed by atoms with E-state index >= 15 is 0 Å². The molecule has 1 aromatic heterocycles. The molecule has 1 heterocycles. The van der Waals surface area contributed by atoms with Gasteiger partial charge in [-0.05, 0) is 30.3 Å². The molecule has 0 aliphatic heterocycles. The number of benzene rings is 2. The molecular formula is C17H11Cl2F2N3O. The molecule has 0 aliphatic rings. The third-order valence-electron chi connectivity index (χ3n) is 3.51. The summed E-state index contributed by atoms with van der Waals surface area (Å²) in [7, 11) is 0. The van der Waals surface area contributed by atoms with Crippen molar-refractivity contribution in [3.63, 3.8) is 0 Å². The fourth-order valence-electron chi connectivity index (χ4n) is 2.22. The van der Waals surface area contributed by atoms with Gasteiger partial charge in [0.25, 0.3) is 5.91 Å². The second-order valence-electron chi connectivity index (χ2n) is 5.16. The summed E-state index contributed by atoms with van der Waals surface area (Å²) in [6, 6.07) is 9.62. The summed E-state index contributed by atoms with van der Waals surface area (Å²) >= 11 is 12.3. The zero-order valence-electron chi connectivity index (χ0n) is 12.6. The van der Waals surface area contributed by atoms with Gasteiger partial charge in [-0.3, -0.25) is 4.79 Å². The van der Waals surface area contributed by atoms with Crippen molar-refractivity contribution in [1.82, 2.24) is 9.78 Å². The molecule has 1 amide bonds. The van der Waals surface area contributed by atoms with Gasteiger partial charge in [-0.1, -0.05) is 29.3 Å². The molecule has 25 heavy (non-hydrogen) atoms. The van der Waals surface area contributed by atoms with E-state index in [0.29, 0.717) is 21.4 Å². The van der Waals surface area contributed by atoms with Gasteiger partial charge in [0.1, 0.15) is 5.82 Å². The number of anilines is 1. The van der Waals surface area contributed by atoms with E-state index in [1.807, 2.05) is 0 Å². The van der Waals surface area contributed by atoms with Crippen molar-refractivity contribution < 1.29 is 13.6 Å². The highest BCUT2D eigenvalue weighted by molar-refractivity contribution is 6.36. The molecule has 1 N–H and O–H groups in total. The lowest BCUT2D eigenvalue weighted by atomic mass is 10.2. The normalized spacial score (nSPS) is 10.7. The summed E-state index contributed by atoms with van der Waals surface area (Å²) < 4.78 is 27.7. The summed E-state index contributed by atoms with van der Waals surface area (Å²) in [4.78, 5) is 12.2. The molecule has 0 fully saturated rings. The Bertz CT molecular complexity index is 923. The standard InChI is InChI=1S/C17H11Cl2F2N3O/c18-12-2-1-3-13(19)11(12)9-24-16(6-7-22-24)23-17(25)10-4-5-14(20)15(21)8-10/h1-8H,9H2,(H,23,25).